The van der Waals surface area contributed by atoms with Gasteiger partial charge in [-0.2, -0.15) is 0 Å². The lowest BCUT2D eigenvalue weighted by Crippen LogP contribution is -2.06. The van der Waals surface area contributed by atoms with E-state index in [1.807, 2.05) is 0 Å². The number of nitro groups is 1. The summed E-state index contributed by atoms with van der Waals surface area (Å²) in [5.74, 6) is -1.32. The van der Waals surface area contributed by atoms with Crippen LogP contribution in [0.15, 0.2) is 24.3 Å². The Hall–Kier alpha value is -1.89. The first-order valence-electron chi connectivity index (χ1n) is 4.58. The molecule has 7 heteroatoms. The summed E-state index contributed by atoms with van der Waals surface area (Å²) in [5, 5.41) is 18.8. The van der Waals surface area contributed by atoms with Crippen LogP contribution in [0.2, 0.25) is 0 Å². The maximum atomic E-state index is 11.5. The number of carboxylic acid groups (broad SMARTS) is 1. The molecule has 0 radical (unpaired) electrons. The van der Waals surface area contributed by atoms with Gasteiger partial charge in [0.05, 0.1) is 16.4 Å². The van der Waals surface area contributed by atoms with Crippen molar-refractivity contribution in [2.45, 2.75) is 0 Å². The van der Waals surface area contributed by atoms with Crippen LogP contribution < -0.4 is 0 Å². The number of aliphatic carboxylic acids is 1. The molecule has 0 saturated heterocycles. The minimum atomic E-state index is -0.980. The van der Waals surface area contributed by atoms with E-state index in [9.17, 15) is 19.7 Å². The van der Waals surface area contributed by atoms with Crippen molar-refractivity contribution >= 4 is 29.2 Å². The van der Waals surface area contributed by atoms with Crippen molar-refractivity contribution in [3.63, 3.8) is 0 Å². The van der Waals surface area contributed by atoms with E-state index in [4.69, 9.17) is 5.11 Å². The fraction of sp³-hybridized carbons (Fsp3) is 0.200. The number of thioether (sulfide) groups is 1. The third-order valence-corrected chi connectivity index (χ3v) is 2.78. The molecule has 0 atom stereocenters. The van der Waals surface area contributed by atoms with Crippen LogP contribution in [0, 0.1) is 10.1 Å². The highest BCUT2D eigenvalue weighted by Gasteiger charge is 2.10. The number of carbonyl (C=O) groups is 2. The summed E-state index contributed by atoms with van der Waals surface area (Å²) < 4.78 is 0. The first-order chi connectivity index (χ1) is 8.00. The number of carbonyl (C=O) groups excluding carboxylic acids is 1. The zero-order valence-corrected chi connectivity index (χ0v) is 9.48. The number of hydrogen-bond donors (Lipinski definition) is 1. The lowest BCUT2D eigenvalue weighted by atomic mass is 10.1. The monoisotopic (exact) mass is 255 g/mol. The van der Waals surface area contributed by atoms with Gasteiger partial charge in [-0.1, -0.05) is 0 Å². The molecule has 6 nitrogen and oxygen atoms in total. The quantitative estimate of drug-likeness (QED) is 0.471. The van der Waals surface area contributed by atoms with Gasteiger partial charge in [-0.3, -0.25) is 19.7 Å². The van der Waals surface area contributed by atoms with Crippen molar-refractivity contribution < 1.29 is 19.6 Å². The molecule has 1 N–H and O–H groups in total. The fourth-order valence-electron chi connectivity index (χ4n) is 1.08. The molecule has 1 rings (SSSR count). The van der Waals surface area contributed by atoms with Gasteiger partial charge < -0.3 is 5.11 Å². The molecule has 0 aliphatic heterocycles. The van der Waals surface area contributed by atoms with Crippen LogP contribution in [0.4, 0.5) is 5.69 Å². The first-order valence-corrected chi connectivity index (χ1v) is 5.73. The largest absolute Gasteiger partial charge is 0.481 e. The predicted octanol–water partition coefficient (Wildman–Crippen LogP) is 1.60. The van der Waals surface area contributed by atoms with Crippen molar-refractivity contribution in [2.75, 3.05) is 11.5 Å². The van der Waals surface area contributed by atoms with Crippen LogP contribution in [0.3, 0.4) is 0 Å². The molecule has 0 fully saturated rings. The van der Waals surface area contributed by atoms with E-state index >= 15 is 0 Å². The Balaban J connectivity index is 2.57. The van der Waals surface area contributed by atoms with Crippen LogP contribution in [0.25, 0.3) is 0 Å². The SMILES string of the molecule is O=C(O)CSCC(=O)c1ccc([N+](=O)[O-])cc1. The van der Waals surface area contributed by atoms with Gasteiger partial charge in [-0.25, -0.2) is 0 Å². The molecule has 1 aromatic rings. The summed E-state index contributed by atoms with van der Waals surface area (Å²) in [6.07, 6.45) is 0. The zero-order chi connectivity index (χ0) is 12.8. The molecule has 0 heterocycles. The average Bonchev–Trinajstić information content (AvgIpc) is 2.28. The maximum Gasteiger partial charge on any atom is 0.313 e. The smallest absolute Gasteiger partial charge is 0.313 e. The van der Waals surface area contributed by atoms with Crippen LogP contribution in [-0.2, 0) is 4.79 Å². The molecule has 1 aromatic carbocycles. The Morgan fingerprint density at radius 2 is 1.82 bits per heavy atom. The molecule has 0 aliphatic carbocycles. The number of hydrogen-bond acceptors (Lipinski definition) is 5. The number of Topliss-reactive ketones (excluding diaryl/α,β-unsaturated/α-hetero) is 1. The van der Waals surface area contributed by atoms with Crippen molar-refractivity contribution in [3.8, 4) is 0 Å². The summed E-state index contributed by atoms with van der Waals surface area (Å²) in [7, 11) is 0. The Bertz CT molecular complexity index is 443. The van der Waals surface area contributed by atoms with E-state index in [-0.39, 0.29) is 23.0 Å². The van der Waals surface area contributed by atoms with Gasteiger partial charge in [0, 0.05) is 17.7 Å². The molecule has 0 saturated carbocycles. The van der Waals surface area contributed by atoms with E-state index in [1.165, 1.54) is 24.3 Å². The van der Waals surface area contributed by atoms with Gasteiger partial charge in [-0.15, -0.1) is 11.8 Å². The van der Waals surface area contributed by atoms with Crippen LogP contribution in [-0.4, -0.2) is 33.3 Å². The number of benzene rings is 1. The Labute approximate surface area is 101 Å². The van der Waals surface area contributed by atoms with Gasteiger partial charge in [0.2, 0.25) is 0 Å². The van der Waals surface area contributed by atoms with Gasteiger partial charge in [0.25, 0.3) is 5.69 Å². The van der Waals surface area contributed by atoms with Gasteiger partial charge in [0.1, 0.15) is 0 Å². The Morgan fingerprint density at radius 3 is 2.29 bits per heavy atom. The van der Waals surface area contributed by atoms with Crippen molar-refractivity contribution in [3.05, 3.63) is 39.9 Å². The van der Waals surface area contributed by atoms with Gasteiger partial charge in [-0.05, 0) is 12.1 Å². The fourth-order valence-corrected chi connectivity index (χ4v) is 1.71. The molecule has 0 aliphatic rings. The molecule has 0 bridgehead atoms. The molecular formula is C10H9NO5S. The number of carboxylic acids is 1. The van der Waals surface area contributed by atoms with Crippen LogP contribution >= 0.6 is 11.8 Å². The molecule has 17 heavy (non-hydrogen) atoms. The lowest BCUT2D eigenvalue weighted by Gasteiger charge is -1.99. The van der Waals surface area contributed by atoms with Crippen LogP contribution in [0.5, 0.6) is 0 Å². The molecule has 0 unspecified atom stereocenters. The summed E-state index contributed by atoms with van der Waals surface area (Å²) >= 11 is 0.992. The van der Waals surface area contributed by atoms with Crippen LogP contribution in [0.1, 0.15) is 10.4 Å². The first kappa shape index (κ1) is 13.2. The highest BCUT2D eigenvalue weighted by atomic mass is 32.2. The van der Waals surface area contributed by atoms with E-state index < -0.39 is 10.9 Å². The summed E-state index contributed by atoms with van der Waals surface area (Å²) in [6, 6.07) is 5.22. The highest BCUT2D eigenvalue weighted by Crippen LogP contribution is 2.13. The normalized spacial score (nSPS) is 9.88. The van der Waals surface area contributed by atoms with E-state index in [1.54, 1.807) is 0 Å². The van der Waals surface area contributed by atoms with E-state index in [2.05, 4.69) is 0 Å². The average molecular weight is 255 g/mol. The second kappa shape index (κ2) is 6.00. The Morgan fingerprint density at radius 1 is 1.24 bits per heavy atom. The van der Waals surface area contributed by atoms with Gasteiger partial charge >= 0.3 is 5.97 Å². The number of non-ortho nitro benzene ring substituents is 1. The van der Waals surface area contributed by atoms with E-state index in [0.29, 0.717) is 5.56 Å². The summed E-state index contributed by atoms with van der Waals surface area (Å²) in [5.41, 5.74) is 0.258. The summed E-state index contributed by atoms with van der Waals surface area (Å²) in [6.45, 7) is 0. The Kier molecular flexibility index (Phi) is 4.65. The second-order valence-corrected chi connectivity index (χ2v) is 4.10. The second-order valence-electron chi connectivity index (χ2n) is 3.11. The summed E-state index contributed by atoms with van der Waals surface area (Å²) in [4.78, 5) is 31.6. The third kappa shape index (κ3) is 4.23. The minimum absolute atomic E-state index is 0.0457. The lowest BCUT2D eigenvalue weighted by molar-refractivity contribution is -0.384. The van der Waals surface area contributed by atoms with E-state index in [0.717, 1.165) is 11.8 Å². The standard InChI is InChI=1S/C10H9NO5S/c12-9(5-17-6-10(13)14)7-1-3-8(4-2-7)11(15)16/h1-4H,5-6H2,(H,13,14). The van der Waals surface area contributed by atoms with Crippen molar-refractivity contribution in [1.82, 2.24) is 0 Å². The van der Waals surface area contributed by atoms with Crippen molar-refractivity contribution in [2.24, 2.45) is 0 Å². The zero-order valence-electron chi connectivity index (χ0n) is 8.66. The predicted molar refractivity (Wildman–Crippen MR) is 62.4 cm³/mol. The molecule has 0 aromatic heterocycles. The highest BCUT2D eigenvalue weighted by molar-refractivity contribution is 8.00. The minimum Gasteiger partial charge on any atom is -0.481 e. The molecular weight excluding hydrogens is 246 g/mol. The topological polar surface area (TPSA) is 97.5 Å². The molecule has 90 valence electrons. The van der Waals surface area contributed by atoms with Crippen molar-refractivity contribution in [1.29, 1.82) is 0 Å². The number of ketones is 1. The number of nitrogens with zero attached hydrogens (tertiary/aromatic N) is 1. The number of nitro benzene ring substituents is 1. The maximum absolute atomic E-state index is 11.5. The third-order valence-electron chi connectivity index (χ3n) is 1.86. The molecule has 0 spiro atoms. The number of rotatable bonds is 6. The van der Waals surface area contributed by atoms with Gasteiger partial charge in [0.15, 0.2) is 5.78 Å². The molecule has 0 amide bonds.